The van der Waals surface area contributed by atoms with Gasteiger partial charge in [0.2, 0.25) is 0 Å². The minimum absolute atomic E-state index is 0.103. The van der Waals surface area contributed by atoms with Crippen molar-refractivity contribution in [2.75, 3.05) is 38.1 Å². The molecule has 3 heterocycles. The van der Waals surface area contributed by atoms with Gasteiger partial charge in [-0.25, -0.2) is 4.68 Å². The Morgan fingerprint density at radius 1 is 1.06 bits per heavy atom. The molecule has 1 saturated heterocycles. The van der Waals surface area contributed by atoms with Gasteiger partial charge in [0.25, 0.3) is 11.8 Å². The maximum absolute atomic E-state index is 13.1. The Hall–Kier alpha value is -5.11. The molecule has 10 nitrogen and oxygen atoms in total. The van der Waals surface area contributed by atoms with Gasteiger partial charge in [0.1, 0.15) is 18.1 Å². The number of hydrogen-bond donors (Lipinski definition) is 3. The maximum Gasteiger partial charge on any atom is 0.416 e. The van der Waals surface area contributed by atoms with E-state index in [0.29, 0.717) is 24.5 Å². The summed E-state index contributed by atoms with van der Waals surface area (Å²) in [6, 6.07) is 22.9. The third-order valence-electron chi connectivity index (χ3n) is 9.65. The van der Waals surface area contributed by atoms with Crippen LogP contribution in [0.5, 0.6) is 0 Å². The molecule has 53 heavy (non-hydrogen) atoms. The summed E-state index contributed by atoms with van der Waals surface area (Å²) in [6.07, 6.45) is 0.0660. The van der Waals surface area contributed by atoms with Crippen LogP contribution in [0.2, 0.25) is 0 Å². The van der Waals surface area contributed by atoms with E-state index in [1.165, 1.54) is 22.6 Å². The van der Waals surface area contributed by atoms with E-state index in [2.05, 4.69) is 39.3 Å². The first-order valence-electron chi connectivity index (χ1n) is 17.5. The van der Waals surface area contributed by atoms with Crippen molar-refractivity contribution in [3.8, 4) is 5.69 Å². The summed E-state index contributed by atoms with van der Waals surface area (Å²) < 4.78 is 40.5. The minimum Gasteiger partial charge on any atom is -0.392 e. The topological polar surface area (TPSA) is 120 Å². The molecule has 3 aliphatic rings. The monoisotopic (exact) mass is 730 g/mol. The highest BCUT2D eigenvalue weighted by Crippen LogP contribution is 2.48. The first-order chi connectivity index (χ1) is 25.4. The summed E-state index contributed by atoms with van der Waals surface area (Å²) in [5, 5.41) is 19.6. The van der Waals surface area contributed by atoms with Crippen LogP contribution < -0.4 is 15.5 Å². The lowest BCUT2D eigenvalue weighted by molar-refractivity contribution is -0.155. The van der Waals surface area contributed by atoms with Crippen LogP contribution in [0.15, 0.2) is 103 Å². The lowest BCUT2D eigenvalue weighted by Crippen LogP contribution is -2.66. The van der Waals surface area contributed by atoms with E-state index < -0.39 is 23.7 Å². The van der Waals surface area contributed by atoms with Crippen molar-refractivity contribution in [1.29, 1.82) is 0 Å². The molecular weight excluding hydrogens is 685 g/mol. The number of halogens is 3. The number of hydrogen-bond acceptors (Lipinski definition) is 7. The van der Waals surface area contributed by atoms with E-state index in [-0.39, 0.29) is 29.4 Å². The molecule has 2 atom stereocenters. The first kappa shape index (κ1) is 39.1. The highest BCUT2D eigenvalue weighted by Gasteiger charge is 2.53. The third-order valence-corrected chi connectivity index (χ3v) is 9.65. The number of carbonyl (C=O) groups excluding carboxylic acids is 3. The fourth-order valence-corrected chi connectivity index (χ4v) is 6.79. The van der Waals surface area contributed by atoms with Crippen molar-refractivity contribution in [2.45, 2.75) is 51.1 Å². The minimum atomic E-state index is -4.56. The molecule has 3 N–H and O–H groups in total. The van der Waals surface area contributed by atoms with Crippen molar-refractivity contribution in [1.82, 2.24) is 25.3 Å². The Balaban J connectivity index is 0.000000199. The number of rotatable bonds is 9. The molecule has 1 spiro atoms. The van der Waals surface area contributed by atoms with Crippen LogP contribution in [0.3, 0.4) is 0 Å². The molecule has 3 aromatic carbocycles. The number of nitrogens with one attached hydrogen (secondary N) is 2. The highest BCUT2D eigenvalue weighted by atomic mass is 19.4. The molecule has 2 unspecified atom stereocenters. The van der Waals surface area contributed by atoms with Crippen LogP contribution in [0.25, 0.3) is 5.69 Å². The standard InChI is InChI=1S/C22H19F3N4O2.C10H15NO2.C8H11N/c1-2-28-20-15(13-26-29(20)17-9-4-3-5-10-17)12-18(21(28)31)27-19(30)14-7-6-8-16(11-14)22(23,24)25;1-8(5-12)4-11-6-10(7-11)3-2-9(10)13;1-9-7-8-5-3-2-4-6-8/h3-11,13,18H,2,12H2,1H3,(H,27,30);5,9,13H,1-4,6-7H2;2-6,9H,7H2,1H3. The zero-order valence-electron chi connectivity index (χ0n) is 29.9. The highest BCUT2D eigenvalue weighted by molar-refractivity contribution is 6.04. The number of aliphatic hydroxyl groups is 1. The van der Waals surface area contributed by atoms with Gasteiger partial charge in [0, 0.05) is 55.7 Å². The maximum atomic E-state index is 13.1. The average molecular weight is 731 g/mol. The largest absolute Gasteiger partial charge is 0.416 e. The number of nitrogens with zero attached hydrogens (tertiary/aromatic N) is 4. The van der Waals surface area contributed by atoms with Gasteiger partial charge >= 0.3 is 6.18 Å². The summed E-state index contributed by atoms with van der Waals surface area (Å²) in [5.41, 5.74) is 2.63. The van der Waals surface area contributed by atoms with Gasteiger partial charge in [-0.1, -0.05) is 61.2 Å². The summed E-state index contributed by atoms with van der Waals surface area (Å²) >= 11 is 0. The molecule has 2 amide bonds. The van der Waals surface area contributed by atoms with Crippen molar-refractivity contribution in [3.05, 3.63) is 126 Å². The number of aldehydes is 1. The second-order valence-corrected chi connectivity index (χ2v) is 13.5. The fourth-order valence-electron chi connectivity index (χ4n) is 6.79. The molecule has 1 aromatic heterocycles. The lowest BCUT2D eigenvalue weighted by atomic mass is 9.61. The SMILES string of the molecule is C=C(C=O)CN1CC2(CCC2O)C1.CCN1C(=O)C(NC(=O)c2cccc(C(F)(F)F)c2)Cc2cnn(-c3ccccc3)c21.CNCc1ccccc1. The summed E-state index contributed by atoms with van der Waals surface area (Å²) in [6.45, 7) is 9.27. The number of aliphatic hydroxyl groups excluding tert-OH is 1. The number of fused-ring (bicyclic) bond motifs is 1. The zero-order valence-corrected chi connectivity index (χ0v) is 29.9. The van der Waals surface area contributed by atoms with Crippen molar-refractivity contribution >= 4 is 23.9 Å². The Morgan fingerprint density at radius 2 is 1.74 bits per heavy atom. The van der Waals surface area contributed by atoms with Gasteiger partial charge in [0.15, 0.2) is 0 Å². The Bertz CT molecular complexity index is 1880. The van der Waals surface area contributed by atoms with Crippen molar-refractivity contribution in [2.24, 2.45) is 5.41 Å². The smallest absolute Gasteiger partial charge is 0.392 e. The number of alkyl halides is 3. The lowest BCUT2D eigenvalue weighted by Gasteiger charge is -2.59. The number of para-hydroxylation sites is 1. The number of anilines is 1. The van der Waals surface area contributed by atoms with E-state index in [1.807, 2.05) is 55.6 Å². The summed E-state index contributed by atoms with van der Waals surface area (Å²) in [5.74, 6) is -0.448. The number of likely N-dealkylation sites (N-methyl/N-ethyl adjacent to an activating group) is 1. The van der Waals surface area contributed by atoms with Crippen LogP contribution in [0.4, 0.5) is 19.0 Å². The molecule has 1 saturated carbocycles. The molecule has 2 fully saturated rings. The molecule has 0 bridgehead atoms. The Kier molecular flexibility index (Phi) is 12.7. The average Bonchev–Trinajstić information content (AvgIpc) is 3.57. The molecule has 0 radical (unpaired) electrons. The first-order valence-corrected chi connectivity index (χ1v) is 17.5. The summed E-state index contributed by atoms with van der Waals surface area (Å²) in [4.78, 5) is 39.7. The van der Waals surface area contributed by atoms with Crippen LogP contribution in [-0.2, 0) is 28.7 Å². The Labute approximate surface area is 307 Å². The number of likely N-dealkylation sites (tertiary alicyclic amines) is 1. The molecule has 7 rings (SSSR count). The van der Waals surface area contributed by atoms with Gasteiger partial charge in [-0.3, -0.25) is 24.2 Å². The third kappa shape index (κ3) is 9.28. The van der Waals surface area contributed by atoms with Crippen LogP contribution in [0, 0.1) is 5.41 Å². The predicted octanol–water partition coefficient (Wildman–Crippen LogP) is 5.20. The van der Waals surface area contributed by atoms with E-state index in [1.54, 1.807) is 17.8 Å². The predicted molar refractivity (Wildman–Crippen MR) is 197 cm³/mol. The quantitative estimate of drug-likeness (QED) is 0.160. The van der Waals surface area contributed by atoms with Crippen molar-refractivity contribution in [3.63, 3.8) is 0 Å². The Morgan fingerprint density at radius 3 is 2.30 bits per heavy atom. The normalized spacial score (nSPS) is 18.6. The molecule has 1 aliphatic carbocycles. The van der Waals surface area contributed by atoms with Crippen LogP contribution in [0.1, 0.15) is 46.8 Å². The van der Waals surface area contributed by atoms with E-state index >= 15 is 0 Å². The van der Waals surface area contributed by atoms with Crippen molar-refractivity contribution < 1.29 is 32.7 Å². The number of carbonyl (C=O) groups is 3. The number of benzene rings is 3. The second kappa shape index (κ2) is 17.1. The van der Waals surface area contributed by atoms with Gasteiger partial charge in [-0.05, 0) is 68.3 Å². The van der Waals surface area contributed by atoms with E-state index in [9.17, 15) is 32.7 Å². The molecular formula is C40H45F3N6O4. The molecule has 4 aromatic rings. The fraction of sp³-hybridized carbons (Fsp3) is 0.350. The van der Waals surface area contributed by atoms with E-state index in [4.69, 9.17) is 0 Å². The number of aromatic nitrogens is 2. The van der Waals surface area contributed by atoms with Gasteiger partial charge in [-0.2, -0.15) is 18.3 Å². The van der Waals surface area contributed by atoms with E-state index in [0.717, 1.165) is 62.1 Å². The zero-order chi connectivity index (χ0) is 38.2. The summed E-state index contributed by atoms with van der Waals surface area (Å²) in [7, 11) is 1.95. The van der Waals surface area contributed by atoms with Gasteiger partial charge < -0.3 is 15.7 Å². The number of amides is 2. The van der Waals surface area contributed by atoms with Crippen LogP contribution in [-0.4, -0.2) is 83.3 Å². The van der Waals surface area contributed by atoms with Crippen LogP contribution >= 0.6 is 0 Å². The second-order valence-electron chi connectivity index (χ2n) is 13.5. The molecule has 280 valence electrons. The molecule has 2 aliphatic heterocycles. The molecule has 13 heteroatoms. The van der Waals surface area contributed by atoms with Gasteiger partial charge in [0.05, 0.1) is 23.6 Å². The van der Waals surface area contributed by atoms with Gasteiger partial charge in [-0.15, -0.1) is 0 Å².